The van der Waals surface area contributed by atoms with Crippen molar-refractivity contribution >= 4 is 11.9 Å². The molecule has 5 heteroatoms. The molecule has 0 saturated carbocycles. The first-order valence-corrected chi connectivity index (χ1v) is 21.5. The lowest BCUT2D eigenvalue weighted by atomic mass is 9.99. The van der Waals surface area contributed by atoms with Crippen LogP contribution in [-0.2, 0) is 31.9 Å². The summed E-state index contributed by atoms with van der Waals surface area (Å²) in [6.45, 7) is 9.73. The highest BCUT2D eigenvalue weighted by Gasteiger charge is 2.17. The van der Waals surface area contributed by atoms with E-state index in [9.17, 15) is 9.59 Å². The molecule has 0 radical (unpaired) electrons. The summed E-state index contributed by atoms with van der Waals surface area (Å²) in [6, 6.07) is 17.3. The maximum Gasteiger partial charge on any atom is 0.306 e. The molecule has 0 aliphatic rings. The first-order valence-electron chi connectivity index (χ1n) is 21.5. The summed E-state index contributed by atoms with van der Waals surface area (Å²) in [6.07, 6.45) is 25.2. The van der Waals surface area contributed by atoms with Gasteiger partial charge >= 0.3 is 11.9 Å². The van der Waals surface area contributed by atoms with Crippen LogP contribution in [0.4, 0.5) is 0 Å². The molecule has 0 spiro atoms. The van der Waals surface area contributed by atoms with Gasteiger partial charge in [-0.3, -0.25) is 9.59 Å². The number of hydrogen-bond donors (Lipinski definition) is 0. The van der Waals surface area contributed by atoms with E-state index in [2.05, 4.69) is 101 Å². The number of esters is 2. The van der Waals surface area contributed by atoms with Gasteiger partial charge in [-0.25, -0.2) is 0 Å². The van der Waals surface area contributed by atoms with Gasteiger partial charge in [-0.15, -0.1) is 0 Å². The smallest absolute Gasteiger partial charge is 0.306 e. The van der Waals surface area contributed by atoms with E-state index in [-0.39, 0.29) is 24.1 Å². The van der Waals surface area contributed by atoms with E-state index in [0.717, 1.165) is 83.6 Å². The maximum absolute atomic E-state index is 13.2. The number of benzene rings is 2. The van der Waals surface area contributed by atoms with Crippen LogP contribution >= 0.6 is 0 Å². The summed E-state index contributed by atoms with van der Waals surface area (Å²) in [4.78, 5) is 28.4. The van der Waals surface area contributed by atoms with Crippen LogP contribution in [0.5, 0.6) is 0 Å². The molecule has 0 heterocycles. The molecule has 0 saturated heterocycles. The van der Waals surface area contributed by atoms with Gasteiger partial charge in [0.25, 0.3) is 0 Å². The molecule has 0 unspecified atom stereocenters. The molecule has 0 atom stereocenters. The van der Waals surface area contributed by atoms with Crippen LogP contribution < -0.4 is 0 Å². The molecular formula is C48H77NO4. The quantitative estimate of drug-likeness (QED) is 0.0439. The highest BCUT2D eigenvalue weighted by Crippen LogP contribution is 2.21. The van der Waals surface area contributed by atoms with Crippen molar-refractivity contribution in [2.75, 3.05) is 20.6 Å². The zero-order valence-electron chi connectivity index (χ0n) is 34.9. The second kappa shape index (κ2) is 29.4. The third-order valence-electron chi connectivity index (χ3n) is 10.4. The molecule has 0 fully saturated rings. The van der Waals surface area contributed by atoms with Gasteiger partial charge in [-0.1, -0.05) is 137 Å². The number of nitrogens with zero attached hydrogens (tertiary/aromatic N) is 1. The Morgan fingerprint density at radius 2 is 1.02 bits per heavy atom. The minimum atomic E-state index is -0.109. The highest BCUT2D eigenvalue weighted by atomic mass is 16.5. The minimum Gasteiger partial charge on any atom is -0.462 e. The molecular weight excluding hydrogens is 655 g/mol. The first-order chi connectivity index (χ1) is 25.7. The Balaban J connectivity index is 1.91. The van der Waals surface area contributed by atoms with Crippen LogP contribution in [0.3, 0.4) is 0 Å². The Hall–Kier alpha value is -2.92. The lowest BCUT2D eigenvalue weighted by Crippen LogP contribution is -2.20. The van der Waals surface area contributed by atoms with Gasteiger partial charge in [0, 0.05) is 12.8 Å². The molecule has 2 rings (SSSR count). The number of carbonyl (C=O) groups is 2. The van der Waals surface area contributed by atoms with Gasteiger partial charge in [-0.05, 0) is 129 Å². The van der Waals surface area contributed by atoms with Gasteiger partial charge in [0.05, 0.1) is 0 Å². The maximum atomic E-state index is 13.2. The number of aryl methyl sites for hydroxylation is 4. The molecule has 0 N–H and O–H groups in total. The molecule has 0 bridgehead atoms. The molecule has 0 aromatic heterocycles. The number of hydrogen-bond acceptors (Lipinski definition) is 5. The van der Waals surface area contributed by atoms with E-state index in [4.69, 9.17) is 9.47 Å². The van der Waals surface area contributed by atoms with Gasteiger partial charge in [0.2, 0.25) is 0 Å². The number of unbranched alkanes of at least 4 members (excludes halogenated alkanes) is 8. The highest BCUT2D eigenvalue weighted by molar-refractivity contribution is 5.70. The minimum absolute atomic E-state index is 0.0536. The molecule has 2 aromatic rings. The number of rotatable bonds is 31. The zero-order valence-corrected chi connectivity index (χ0v) is 34.9. The van der Waals surface area contributed by atoms with Crippen LogP contribution in [0.2, 0.25) is 0 Å². The van der Waals surface area contributed by atoms with Crippen molar-refractivity contribution < 1.29 is 19.1 Å². The van der Waals surface area contributed by atoms with E-state index in [0.29, 0.717) is 19.3 Å². The second-order valence-corrected chi connectivity index (χ2v) is 15.8. The lowest BCUT2D eigenvalue weighted by molar-refractivity contribution is -0.150. The standard InChI is InChI=1S/C48H77NO4/c1-7-9-11-13-15-23-45(24-16-14-12-10-8-2)52-47(50)25-17-20-42(22-19-39-49(5)6)21-18-26-48(51)53-46(37-35-43-31-27-40(3)28-32-43)38-36-44-33-29-41(4)30-34-44/h20,27-34,45-46H,7-19,21-26,35-39H2,1-6H3/b42-20+. The molecule has 2 aromatic carbocycles. The SMILES string of the molecule is CCCCCCCC(CCCCCCC)OC(=O)CC/C=C(\CCCC(=O)OC(CCc1ccc(C)cc1)CCc1ccc(C)cc1)CCCN(C)C. The third kappa shape index (κ3) is 24.2. The fraction of sp³-hybridized carbons (Fsp3) is 0.667. The molecule has 5 nitrogen and oxygen atoms in total. The molecule has 298 valence electrons. The van der Waals surface area contributed by atoms with Crippen molar-refractivity contribution in [3.63, 3.8) is 0 Å². The topological polar surface area (TPSA) is 55.8 Å². The van der Waals surface area contributed by atoms with Crippen molar-refractivity contribution in [1.29, 1.82) is 0 Å². The molecule has 0 aliphatic heterocycles. The normalized spacial score (nSPS) is 11.9. The van der Waals surface area contributed by atoms with Gasteiger partial charge < -0.3 is 14.4 Å². The van der Waals surface area contributed by atoms with Gasteiger partial charge in [0.15, 0.2) is 0 Å². The summed E-state index contributed by atoms with van der Waals surface area (Å²) in [7, 11) is 4.21. The Morgan fingerprint density at radius 3 is 1.51 bits per heavy atom. The number of ether oxygens (including phenoxy) is 2. The van der Waals surface area contributed by atoms with Gasteiger partial charge in [0.1, 0.15) is 12.2 Å². The predicted molar refractivity (Wildman–Crippen MR) is 224 cm³/mol. The fourth-order valence-corrected chi connectivity index (χ4v) is 6.94. The van der Waals surface area contributed by atoms with Gasteiger partial charge in [-0.2, -0.15) is 0 Å². The summed E-state index contributed by atoms with van der Waals surface area (Å²) in [5, 5.41) is 0. The Morgan fingerprint density at radius 1 is 0.566 bits per heavy atom. The van der Waals surface area contributed by atoms with E-state index in [1.807, 2.05) is 0 Å². The molecule has 0 aliphatic carbocycles. The Kier molecular flexibility index (Phi) is 25.7. The van der Waals surface area contributed by atoms with E-state index < -0.39 is 0 Å². The van der Waals surface area contributed by atoms with Crippen molar-refractivity contribution in [1.82, 2.24) is 4.90 Å². The summed E-state index contributed by atoms with van der Waals surface area (Å²) in [5.74, 6) is -0.165. The average Bonchev–Trinajstić information content (AvgIpc) is 3.13. The Bertz CT molecular complexity index is 1190. The van der Waals surface area contributed by atoms with Crippen LogP contribution in [-0.4, -0.2) is 49.7 Å². The van der Waals surface area contributed by atoms with E-state index in [1.165, 1.54) is 79.2 Å². The number of allylic oxidation sites excluding steroid dienone is 2. The van der Waals surface area contributed by atoms with Crippen LogP contribution in [0, 0.1) is 13.8 Å². The van der Waals surface area contributed by atoms with Crippen LogP contribution in [0.25, 0.3) is 0 Å². The third-order valence-corrected chi connectivity index (χ3v) is 10.4. The summed E-state index contributed by atoms with van der Waals surface area (Å²) < 4.78 is 12.2. The van der Waals surface area contributed by atoms with Crippen molar-refractivity contribution in [3.05, 3.63) is 82.4 Å². The van der Waals surface area contributed by atoms with E-state index in [1.54, 1.807) is 0 Å². The van der Waals surface area contributed by atoms with Crippen molar-refractivity contribution in [3.8, 4) is 0 Å². The Labute approximate surface area is 325 Å². The predicted octanol–water partition coefficient (Wildman–Crippen LogP) is 12.6. The summed E-state index contributed by atoms with van der Waals surface area (Å²) >= 11 is 0. The second-order valence-electron chi connectivity index (χ2n) is 15.8. The average molecular weight is 732 g/mol. The summed E-state index contributed by atoms with van der Waals surface area (Å²) in [5.41, 5.74) is 6.41. The molecule has 0 amide bonds. The zero-order chi connectivity index (χ0) is 38.5. The van der Waals surface area contributed by atoms with Crippen molar-refractivity contribution in [2.24, 2.45) is 0 Å². The lowest BCUT2D eigenvalue weighted by Gasteiger charge is -2.19. The van der Waals surface area contributed by atoms with Crippen LogP contribution in [0.1, 0.15) is 171 Å². The largest absolute Gasteiger partial charge is 0.462 e. The van der Waals surface area contributed by atoms with Crippen molar-refractivity contribution in [2.45, 2.75) is 188 Å². The number of carbonyl (C=O) groups excluding carboxylic acids is 2. The monoisotopic (exact) mass is 732 g/mol. The van der Waals surface area contributed by atoms with E-state index >= 15 is 0 Å². The first kappa shape index (κ1) is 46.2. The molecule has 53 heavy (non-hydrogen) atoms. The fourth-order valence-electron chi connectivity index (χ4n) is 6.94. The van der Waals surface area contributed by atoms with Crippen LogP contribution in [0.15, 0.2) is 60.2 Å².